The minimum atomic E-state index is -1.60. The van der Waals surface area contributed by atoms with E-state index in [9.17, 15) is 8.96 Å². The average Bonchev–Trinajstić information content (AvgIpc) is 2.30. The highest BCUT2D eigenvalue weighted by Gasteiger charge is 2.06. The quantitative estimate of drug-likeness (QED) is 0.709. The lowest BCUT2D eigenvalue weighted by Gasteiger charge is -2.00. The van der Waals surface area contributed by atoms with Gasteiger partial charge in [-0.15, -0.1) is 0 Å². The average molecular weight is 219 g/mol. The van der Waals surface area contributed by atoms with Crippen molar-refractivity contribution >= 4 is 18.4 Å². The zero-order chi connectivity index (χ0) is 10.7. The molecule has 0 saturated carbocycles. The fraction of sp³-hybridized carbons (Fsp3) is 0. The summed E-state index contributed by atoms with van der Waals surface area (Å²) in [7, 11) is -1.60. The van der Waals surface area contributed by atoms with Gasteiger partial charge in [0.25, 0.3) is 0 Å². The molecule has 0 saturated heterocycles. The van der Waals surface area contributed by atoms with Gasteiger partial charge in [0.05, 0.1) is 0 Å². The molecule has 3 heteroatoms. The Labute approximate surface area is 88.4 Å². The van der Waals surface area contributed by atoms with Crippen LogP contribution in [0.1, 0.15) is 0 Å². The van der Waals surface area contributed by atoms with E-state index < -0.39 is 7.80 Å². The van der Waals surface area contributed by atoms with Crippen molar-refractivity contribution in [2.24, 2.45) is 0 Å². The third-order valence-corrected chi connectivity index (χ3v) is 3.59. The Balaban J connectivity index is 2.33. The van der Waals surface area contributed by atoms with E-state index in [2.05, 4.69) is 0 Å². The number of benzene rings is 2. The molecule has 2 aromatic rings. The van der Waals surface area contributed by atoms with Crippen LogP contribution in [0, 0.1) is 5.82 Å². The topological polar surface area (TPSA) is 17.1 Å². The van der Waals surface area contributed by atoms with Gasteiger partial charge in [0.2, 0.25) is 0 Å². The number of hydrogen-bond acceptors (Lipinski definition) is 1. The normalized spacial score (nSPS) is 11.1. The first-order valence-corrected chi connectivity index (χ1v) is 5.81. The lowest BCUT2D eigenvalue weighted by molar-refractivity contribution is 0.598. The van der Waals surface area contributed by atoms with E-state index in [0.29, 0.717) is 5.30 Å². The number of rotatable bonds is 2. The monoisotopic (exact) mass is 219 g/mol. The highest BCUT2D eigenvalue weighted by Crippen LogP contribution is 2.18. The second kappa shape index (κ2) is 4.33. The van der Waals surface area contributed by atoms with E-state index in [-0.39, 0.29) is 5.82 Å². The summed E-state index contributed by atoms with van der Waals surface area (Å²) >= 11 is 0. The summed E-state index contributed by atoms with van der Waals surface area (Å²) in [4.78, 5) is 0. The van der Waals surface area contributed by atoms with Crippen LogP contribution in [0.3, 0.4) is 0 Å². The van der Waals surface area contributed by atoms with Crippen molar-refractivity contribution < 1.29 is 8.96 Å². The summed E-state index contributed by atoms with van der Waals surface area (Å²) in [5, 5.41) is 1.41. The molecule has 0 aliphatic carbocycles. The predicted molar refractivity (Wildman–Crippen MR) is 59.7 cm³/mol. The van der Waals surface area contributed by atoms with Crippen LogP contribution in [-0.4, -0.2) is 0 Å². The maximum atomic E-state index is 12.7. The molecule has 1 radical (unpaired) electrons. The first kappa shape index (κ1) is 10.0. The molecule has 0 fully saturated rings. The molecule has 1 nitrogen and oxygen atoms in total. The van der Waals surface area contributed by atoms with Gasteiger partial charge >= 0.3 is 0 Å². The predicted octanol–water partition coefficient (Wildman–Crippen LogP) is 2.60. The third kappa shape index (κ3) is 2.28. The lowest BCUT2D eigenvalue weighted by Crippen LogP contribution is -2.05. The van der Waals surface area contributed by atoms with Crippen molar-refractivity contribution in [2.45, 2.75) is 0 Å². The van der Waals surface area contributed by atoms with Gasteiger partial charge in [-0.3, -0.25) is 4.57 Å². The second-order valence-electron chi connectivity index (χ2n) is 3.11. The Morgan fingerprint density at radius 1 is 0.800 bits per heavy atom. The van der Waals surface area contributed by atoms with Crippen molar-refractivity contribution in [2.75, 3.05) is 0 Å². The molecule has 0 bridgehead atoms. The van der Waals surface area contributed by atoms with Gasteiger partial charge in [0.1, 0.15) is 13.6 Å². The van der Waals surface area contributed by atoms with Gasteiger partial charge in [-0.05, 0) is 36.4 Å². The van der Waals surface area contributed by atoms with E-state index in [0.717, 1.165) is 5.30 Å². The van der Waals surface area contributed by atoms with Crippen LogP contribution in [-0.2, 0) is 4.57 Å². The molecule has 2 rings (SSSR count). The lowest BCUT2D eigenvalue weighted by atomic mass is 10.3. The summed E-state index contributed by atoms with van der Waals surface area (Å²) in [6.07, 6.45) is 0. The van der Waals surface area contributed by atoms with Crippen LogP contribution in [0.5, 0.6) is 0 Å². The van der Waals surface area contributed by atoms with Crippen molar-refractivity contribution in [1.29, 1.82) is 0 Å². The molecule has 0 N–H and O–H groups in total. The fourth-order valence-electron chi connectivity index (χ4n) is 1.29. The van der Waals surface area contributed by atoms with Crippen molar-refractivity contribution in [3.8, 4) is 0 Å². The minimum Gasteiger partial charge on any atom is -0.277 e. The summed E-state index contributed by atoms with van der Waals surface area (Å²) in [5.74, 6) is -0.310. The molecule has 0 amide bonds. The molecule has 1 unspecified atom stereocenters. The molecule has 0 spiro atoms. The Morgan fingerprint density at radius 2 is 1.33 bits per heavy atom. The molecule has 1 atom stereocenters. The van der Waals surface area contributed by atoms with Crippen LogP contribution >= 0.6 is 7.80 Å². The van der Waals surface area contributed by atoms with Gasteiger partial charge in [0.15, 0.2) is 0 Å². The summed E-state index contributed by atoms with van der Waals surface area (Å²) in [6, 6.07) is 14.9. The van der Waals surface area contributed by atoms with Crippen LogP contribution in [0.4, 0.5) is 4.39 Å². The van der Waals surface area contributed by atoms with Crippen LogP contribution in [0.25, 0.3) is 0 Å². The van der Waals surface area contributed by atoms with E-state index in [1.165, 1.54) is 12.1 Å². The summed E-state index contributed by atoms with van der Waals surface area (Å²) in [6.45, 7) is 0. The smallest absolute Gasteiger partial charge is 0.136 e. The molecule has 15 heavy (non-hydrogen) atoms. The van der Waals surface area contributed by atoms with Crippen LogP contribution in [0.15, 0.2) is 54.6 Å². The molecule has 0 aliphatic heterocycles. The van der Waals surface area contributed by atoms with Gasteiger partial charge in [-0.1, -0.05) is 18.2 Å². The maximum absolute atomic E-state index is 12.7. The zero-order valence-electron chi connectivity index (χ0n) is 7.93. The Hall–Kier alpha value is -1.53. The first-order valence-electron chi connectivity index (χ1n) is 4.55. The van der Waals surface area contributed by atoms with E-state index in [1.54, 1.807) is 12.1 Å². The summed E-state index contributed by atoms with van der Waals surface area (Å²) < 4.78 is 24.6. The number of hydrogen-bond donors (Lipinski definition) is 0. The van der Waals surface area contributed by atoms with Gasteiger partial charge in [-0.25, -0.2) is 4.39 Å². The Bertz CT molecular complexity index is 465. The van der Waals surface area contributed by atoms with Crippen LogP contribution < -0.4 is 10.6 Å². The van der Waals surface area contributed by atoms with E-state index in [4.69, 9.17) is 0 Å². The largest absolute Gasteiger partial charge is 0.277 e. The van der Waals surface area contributed by atoms with Crippen LogP contribution in [0.2, 0.25) is 0 Å². The van der Waals surface area contributed by atoms with E-state index in [1.807, 2.05) is 30.3 Å². The molecule has 0 heterocycles. The molecule has 75 valence electrons. The second-order valence-corrected chi connectivity index (χ2v) is 4.73. The highest BCUT2D eigenvalue weighted by molar-refractivity contribution is 7.61. The third-order valence-electron chi connectivity index (χ3n) is 2.05. The van der Waals surface area contributed by atoms with E-state index >= 15 is 0 Å². The van der Waals surface area contributed by atoms with Crippen molar-refractivity contribution in [3.05, 3.63) is 60.4 Å². The van der Waals surface area contributed by atoms with Crippen molar-refractivity contribution in [3.63, 3.8) is 0 Å². The molecule has 0 aromatic heterocycles. The summed E-state index contributed by atoms with van der Waals surface area (Å²) in [5.41, 5.74) is 0. The minimum absolute atomic E-state index is 0.310. The fourth-order valence-corrected chi connectivity index (χ4v) is 2.45. The Kier molecular flexibility index (Phi) is 2.89. The maximum Gasteiger partial charge on any atom is 0.136 e. The molecular weight excluding hydrogens is 210 g/mol. The van der Waals surface area contributed by atoms with Gasteiger partial charge in [-0.2, -0.15) is 0 Å². The number of halogens is 1. The highest BCUT2D eigenvalue weighted by atomic mass is 31.1. The molecule has 2 aromatic carbocycles. The van der Waals surface area contributed by atoms with Gasteiger partial charge in [0, 0.05) is 10.6 Å². The molecule has 0 aliphatic rings. The molecular formula is C12H9FOP. The van der Waals surface area contributed by atoms with Gasteiger partial charge < -0.3 is 0 Å². The standard InChI is InChI=1S/C12H9FOP/c13-10-6-8-12(9-7-10)15(14)11-4-2-1-3-5-11/h1-9H. The SMILES string of the molecule is O=[P](c1ccccc1)c1ccc(F)cc1. The first-order chi connectivity index (χ1) is 7.27. The zero-order valence-corrected chi connectivity index (χ0v) is 8.82. The van der Waals surface area contributed by atoms with Crippen molar-refractivity contribution in [1.82, 2.24) is 0 Å². The Morgan fingerprint density at radius 3 is 1.93 bits per heavy atom.